The lowest BCUT2D eigenvalue weighted by atomic mass is 9.81. The Morgan fingerprint density at radius 3 is 1.38 bits per heavy atom. The van der Waals surface area contributed by atoms with Gasteiger partial charge in [-0.2, -0.15) is 0 Å². The van der Waals surface area contributed by atoms with Crippen LogP contribution in [-0.4, -0.2) is 25.2 Å². The van der Waals surface area contributed by atoms with Gasteiger partial charge in [0.2, 0.25) is 0 Å². The maximum atomic E-state index is 12.1. The number of unbranched alkanes of at least 4 members (excludes halogenated alkanes) is 9. The number of esters is 2. The summed E-state index contributed by atoms with van der Waals surface area (Å²) in [7, 11) is 0. The first kappa shape index (κ1) is 27.9. The van der Waals surface area contributed by atoms with E-state index in [1.165, 1.54) is 38.5 Å². The fourth-order valence-electron chi connectivity index (χ4n) is 3.48. The van der Waals surface area contributed by atoms with Crippen molar-refractivity contribution in [2.75, 3.05) is 13.2 Å². The quantitative estimate of drug-likeness (QED) is 0.155. The SMILES string of the molecule is CCCCCCCC(=O)OCC(CC)(CCCC)COC(=O)CCCCCCC. The lowest BCUT2D eigenvalue weighted by Gasteiger charge is -2.31. The Hall–Kier alpha value is -1.06. The van der Waals surface area contributed by atoms with Gasteiger partial charge in [0.1, 0.15) is 13.2 Å². The van der Waals surface area contributed by atoms with Gasteiger partial charge in [-0.1, -0.05) is 91.9 Å². The van der Waals surface area contributed by atoms with Crippen LogP contribution in [0.25, 0.3) is 0 Å². The number of hydrogen-bond acceptors (Lipinski definition) is 4. The zero-order chi connectivity index (χ0) is 21.8. The molecule has 0 saturated heterocycles. The second kappa shape index (κ2) is 18.9. The summed E-state index contributed by atoms with van der Waals surface area (Å²) in [5.41, 5.74) is -0.244. The summed E-state index contributed by atoms with van der Waals surface area (Å²) in [6.07, 6.45) is 16.1. The van der Waals surface area contributed by atoms with Crippen molar-refractivity contribution in [2.45, 2.75) is 130 Å². The van der Waals surface area contributed by atoms with E-state index < -0.39 is 0 Å². The number of ether oxygens (including phenoxy) is 2. The van der Waals surface area contributed by atoms with Crippen LogP contribution in [0.3, 0.4) is 0 Å². The molecular weight excluding hydrogens is 364 g/mol. The van der Waals surface area contributed by atoms with Crippen LogP contribution in [0.1, 0.15) is 130 Å². The van der Waals surface area contributed by atoms with Crippen LogP contribution in [0.2, 0.25) is 0 Å². The molecule has 0 aliphatic heterocycles. The minimum atomic E-state index is -0.244. The highest BCUT2D eigenvalue weighted by molar-refractivity contribution is 5.69. The predicted octanol–water partition coefficient (Wildman–Crippen LogP) is 7.38. The minimum Gasteiger partial charge on any atom is -0.465 e. The highest BCUT2D eigenvalue weighted by Gasteiger charge is 2.31. The number of rotatable bonds is 20. The Balaban J connectivity index is 4.38. The van der Waals surface area contributed by atoms with Gasteiger partial charge in [-0.05, 0) is 25.7 Å². The van der Waals surface area contributed by atoms with Gasteiger partial charge in [-0.25, -0.2) is 0 Å². The van der Waals surface area contributed by atoms with Crippen molar-refractivity contribution >= 4 is 11.9 Å². The highest BCUT2D eigenvalue weighted by atomic mass is 16.5. The third-order valence-corrected chi connectivity index (χ3v) is 5.86. The fourth-order valence-corrected chi connectivity index (χ4v) is 3.48. The molecule has 0 atom stereocenters. The van der Waals surface area contributed by atoms with E-state index in [9.17, 15) is 9.59 Å². The molecule has 0 rings (SSSR count). The predicted molar refractivity (Wildman–Crippen MR) is 121 cm³/mol. The molecule has 0 aromatic heterocycles. The maximum absolute atomic E-state index is 12.1. The first-order valence-corrected chi connectivity index (χ1v) is 12.3. The third-order valence-electron chi connectivity index (χ3n) is 5.86. The Morgan fingerprint density at radius 2 is 1.00 bits per heavy atom. The summed E-state index contributed by atoms with van der Waals surface area (Å²) in [5, 5.41) is 0. The van der Waals surface area contributed by atoms with Crippen LogP contribution < -0.4 is 0 Å². The molecule has 0 unspecified atom stereocenters. The molecule has 0 heterocycles. The Morgan fingerprint density at radius 1 is 0.586 bits per heavy atom. The van der Waals surface area contributed by atoms with Gasteiger partial charge in [-0.3, -0.25) is 9.59 Å². The van der Waals surface area contributed by atoms with Gasteiger partial charge in [0.25, 0.3) is 0 Å². The molecule has 4 heteroatoms. The second-order valence-electron chi connectivity index (χ2n) is 8.61. The Kier molecular flexibility index (Phi) is 18.2. The molecule has 0 aliphatic carbocycles. The molecule has 29 heavy (non-hydrogen) atoms. The highest BCUT2D eigenvalue weighted by Crippen LogP contribution is 2.30. The zero-order valence-corrected chi connectivity index (χ0v) is 19.9. The fraction of sp³-hybridized carbons (Fsp3) is 0.920. The van der Waals surface area contributed by atoms with Crippen molar-refractivity contribution in [3.8, 4) is 0 Å². The summed E-state index contributed by atoms with van der Waals surface area (Å²) in [4.78, 5) is 24.3. The average molecular weight is 413 g/mol. The average Bonchev–Trinajstić information content (AvgIpc) is 2.73. The zero-order valence-electron chi connectivity index (χ0n) is 19.9. The second-order valence-corrected chi connectivity index (χ2v) is 8.61. The van der Waals surface area contributed by atoms with Crippen LogP contribution in [0.5, 0.6) is 0 Å². The van der Waals surface area contributed by atoms with Crippen molar-refractivity contribution in [1.82, 2.24) is 0 Å². The molecule has 0 bridgehead atoms. The van der Waals surface area contributed by atoms with Gasteiger partial charge in [0.15, 0.2) is 0 Å². The normalized spacial score (nSPS) is 11.4. The molecule has 0 aromatic rings. The standard InChI is InChI=1S/C25H48O4/c1-5-9-12-14-16-18-23(26)28-21-25(8-4,20-11-7-3)22-29-24(27)19-17-15-13-10-6-2/h5-22H2,1-4H3. The minimum absolute atomic E-state index is 0.113. The lowest BCUT2D eigenvalue weighted by Crippen LogP contribution is -2.34. The summed E-state index contributed by atoms with van der Waals surface area (Å²) >= 11 is 0. The molecule has 0 saturated carbocycles. The van der Waals surface area contributed by atoms with Gasteiger partial charge in [0, 0.05) is 18.3 Å². The van der Waals surface area contributed by atoms with E-state index in [4.69, 9.17) is 9.47 Å². The van der Waals surface area contributed by atoms with Gasteiger partial charge >= 0.3 is 11.9 Å². The van der Waals surface area contributed by atoms with E-state index in [2.05, 4.69) is 27.7 Å². The van der Waals surface area contributed by atoms with Gasteiger partial charge in [0.05, 0.1) is 0 Å². The van der Waals surface area contributed by atoms with E-state index in [1.54, 1.807) is 0 Å². The molecule has 172 valence electrons. The van der Waals surface area contributed by atoms with Crippen molar-refractivity contribution < 1.29 is 19.1 Å². The topological polar surface area (TPSA) is 52.6 Å². The molecule has 4 nitrogen and oxygen atoms in total. The van der Waals surface area contributed by atoms with Crippen LogP contribution >= 0.6 is 0 Å². The Bertz CT molecular complexity index is 376. The first-order chi connectivity index (χ1) is 14.0. The summed E-state index contributed by atoms with van der Waals surface area (Å²) in [6.45, 7) is 9.36. The molecule has 0 spiro atoms. The summed E-state index contributed by atoms with van der Waals surface area (Å²) in [6, 6.07) is 0. The van der Waals surface area contributed by atoms with Crippen LogP contribution in [-0.2, 0) is 19.1 Å². The molecule has 0 fully saturated rings. The number of hydrogen-bond donors (Lipinski definition) is 0. The Labute approximate surface area is 180 Å². The smallest absolute Gasteiger partial charge is 0.305 e. The van der Waals surface area contributed by atoms with E-state index >= 15 is 0 Å². The third kappa shape index (κ3) is 15.4. The van der Waals surface area contributed by atoms with E-state index in [1.807, 2.05) is 0 Å². The number of carbonyl (C=O) groups is 2. The lowest BCUT2D eigenvalue weighted by molar-refractivity contribution is -0.155. The molecular formula is C25H48O4. The van der Waals surface area contributed by atoms with Crippen LogP contribution in [0.4, 0.5) is 0 Å². The van der Waals surface area contributed by atoms with Crippen molar-refractivity contribution in [3.05, 3.63) is 0 Å². The molecule has 0 aromatic carbocycles. The molecule has 0 N–H and O–H groups in total. The van der Waals surface area contributed by atoms with Crippen LogP contribution in [0, 0.1) is 5.41 Å². The first-order valence-electron chi connectivity index (χ1n) is 12.3. The maximum Gasteiger partial charge on any atom is 0.305 e. The van der Waals surface area contributed by atoms with E-state index in [-0.39, 0.29) is 17.4 Å². The largest absolute Gasteiger partial charge is 0.465 e. The number of carbonyl (C=O) groups excluding carboxylic acids is 2. The molecule has 0 radical (unpaired) electrons. The summed E-state index contributed by atoms with van der Waals surface area (Å²) < 4.78 is 11.3. The van der Waals surface area contributed by atoms with E-state index in [0.29, 0.717) is 26.1 Å². The van der Waals surface area contributed by atoms with Gasteiger partial charge in [-0.15, -0.1) is 0 Å². The monoisotopic (exact) mass is 412 g/mol. The van der Waals surface area contributed by atoms with Crippen molar-refractivity contribution in [1.29, 1.82) is 0 Å². The molecule has 0 amide bonds. The van der Waals surface area contributed by atoms with Crippen molar-refractivity contribution in [3.63, 3.8) is 0 Å². The van der Waals surface area contributed by atoms with Crippen LogP contribution in [0.15, 0.2) is 0 Å². The molecule has 0 aliphatic rings. The van der Waals surface area contributed by atoms with Gasteiger partial charge < -0.3 is 9.47 Å². The summed E-state index contributed by atoms with van der Waals surface area (Å²) in [5.74, 6) is -0.226. The van der Waals surface area contributed by atoms with Crippen molar-refractivity contribution in [2.24, 2.45) is 5.41 Å². The van der Waals surface area contributed by atoms with E-state index in [0.717, 1.165) is 51.4 Å².